The fourth-order valence-corrected chi connectivity index (χ4v) is 4.58. The first-order chi connectivity index (χ1) is 11.7. The molecule has 1 aliphatic rings. The summed E-state index contributed by atoms with van der Waals surface area (Å²) in [6.45, 7) is 1.44. The average molecular weight is 408 g/mol. The lowest BCUT2D eigenvalue weighted by Gasteiger charge is -2.36. The number of carbonyl (C=O) groups excluding carboxylic acids is 1. The number of furan rings is 1. The molecule has 1 fully saturated rings. The Morgan fingerprint density at radius 1 is 1.36 bits per heavy atom. The second kappa shape index (κ2) is 6.62. The van der Waals surface area contributed by atoms with Gasteiger partial charge in [0.05, 0.1) is 10.8 Å². The van der Waals surface area contributed by atoms with Crippen LogP contribution in [0.1, 0.15) is 13.3 Å². The van der Waals surface area contributed by atoms with Gasteiger partial charge in [0.25, 0.3) is 5.88 Å². The summed E-state index contributed by atoms with van der Waals surface area (Å²) in [6, 6.07) is 4.56. The molecule has 0 aliphatic carbocycles. The zero-order chi connectivity index (χ0) is 18.4. The van der Waals surface area contributed by atoms with Crippen LogP contribution < -0.4 is 9.04 Å². The van der Waals surface area contributed by atoms with Gasteiger partial charge in [0.1, 0.15) is 0 Å². The van der Waals surface area contributed by atoms with Crippen molar-refractivity contribution in [2.75, 3.05) is 16.6 Å². The van der Waals surface area contributed by atoms with Crippen molar-refractivity contribution in [1.82, 2.24) is 0 Å². The molecule has 10 heteroatoms. The number of benzene rings is 1. The first kappa shape index (κ1) is 18.2. The van der Waals surface area contributed by atoms with E-state index in [1.54, 1.807) is 6.07 Å². The number of nitrogens with zero attached hydrogens (tertiary/aromatic N) is 1. The Labute approximate surface area is 155 Å². The van der Waals surface area contributed by atoms with Crippen LogP contribution in [-0.2, 0) is 4.79 Å². The van der Waals surface area contributed by atoms with E-state index in [0.717, 1.165) is 6.92 Å². The van der Waals surface area contributed by atoms with Gasteiger partial charge in [0.15, 0.2) is 5.76 Å². The monoisotopic (exact) mass is 407 g/mol. The van der Waals surface area contributed by atoms with E-state index < -0.39 is 22.5 Å². The topological polar surface area (TPSA) is 103 Å². The van der Waals surface area contributed by atoms with Crippen LogP contribution in [0.5, 0.6) is 11.5 Å². The van der Waals surface area contributed by atoms with E-state index in [1.807, 2.05) is 0 Å². The smallest absolute Gasteiger partial charge is 0.308 e. The predicted molar refractivity (Wildman–Crippen MR) is 96.8 cm³/mol. The summed E-state index contributed by atoms with van der Waals surface area (Å²) in [5.41, 5.74) is 0.318. The highest BCUT2D eigenvalue weighted by atomic mass is 35.5. The number of hydrogen-bond acceptors (Lipinski definition) is 7. The zero-order valence-electron chi connectivity index (χ0n) is 13.0. The van der Waals surface area contributed by atoms with Crippen molar-refractivity contribution < 1.29 is 28.2 Å². The zero-order valence-corrected chi connectivity index (χ0v) is 15.4. The van der Waals surface area contributed by atoms with Crippen LogP contribution in [0, 0.1) is 0 Å². The van der Waals surface area contributed by atoms with Crippen LogP contribution in [-0.4, -0.2) is 32.5 Å². The first-order valence-corrected chi connectivity index (χ1v) is 9.67. The van der Waals surface area contributed by atoms with Crippen molar-refractivity contribution in [3.8, 4) is 22.8 Å². The average Bonchev–Trinajstić information content (AvgIpc) is 3.00. The van der Waals surface area contributed by atoms with Crippen LogP contribution in [0.25, 0.3) is 11.3 Å². The molecule has 136 valence electrons. The maximum atomic E-state index is 11.4. The fraction of sp³-hybridized carbons (Fsp3) is 0.267. The van der Waals surface area contributed by atoms with Gasteiger partial charge in [-0.25, -0.2) is 4.31 Å². The Balaban J connectivity index is 2.16. The van der Waals surface area contributed by atoms with Gasteiger partial charge in [0.2, 0.25) is 11.5 Å². The van der Waals surface area contributed by atoms with Crippen molar-refractivity contribution in [3.05, 3.63) is 28.2 Å². The molecule has 7 nitrogen and oxygen atoms in total. The molecular weight excluding hydrogens is 393 g/mol. The minimum Gasteiger partial charge on any atom is -0.502 e. The number of halogens is 2. The van der Waals surface area contributed by atoms with E-state index in [9.17, 15) is 19.0 Å². The van der Waals surface area contributed by atoms with Crippen LogP contribution in [0.4, 0.5) is 5.88 Å². The third kappa shape index (κ3) is 3.40. The van der Waals surface area contributed by atoms with Crippen LogP contribution in [0.15, 0.2) is 22.6 Å². The number of ether oxygens (including phenoxy) is 1. The lowest BCUT2D eigenvalue weighted by molar-refractivity contribution is -0.132. The van der Waals surface area contributed by atoms with Gasteiger partial charge in [0, 0.05) is 24.1 Å². The quantitative estimate of drug-likeness (QED) is 0.629. The fourth-order valence-electron chi connectivity index (χ4n) is 2.54. The third-order valence-corrected chi connectivity index (χ3v) is 6.04. The normalized spacial score (nSPS) is 17.6. The highest BCUT2D eigenvalue weighted by molar-refractivity contribution is 8.25. The molecule has 1 aromatic heterocycles. The Morgan fingerprint density at radius 2 is 2.08 bits per heavy atom. The number of esters is 1. The molecule has 0 unspecified atom stereocenters. The van der Waals surface area contributed by atoms with Crippen molar-refractivity contribution in [2.24, 2.45) is 0 Å². The summed E-state index contributed by atoms with van der Waals surface area (Å²) in [5.74, 6) is -1.47. The molecule has 2 heterocycles. The Bertz CT molecular complexity index is 838. The number of anilines is 1. The minimum absolute atomic E-state index is 0.0602. The number of hydrogen-bond donors (Lipinski definition) is 3. The van der Waals surface area contributed by atoms with E-state index in [2.05, 4.69) is 0 Å². The van der Waals surface area contributed by atoms with Gasteiger partial charge >= 0.3 is 5.97 Å². The Kier molecular flexibility index (Phi) is 4.82. The van der Waals surface area contributed by atoms with Crippen molar-refractivity contribution in [3.63, 3.8) is 0 Å². The molecule has 1 aromatic carbocycles. The second-order valence-corrected chi connectivity index (χ2v) is 8.38. The molecule has 0 amide bonds. The molecule has 0 spiro atoms. The maximum absolute atomic E-state index is 11.4. The van der Waals surface area contributed by atoms with E-state index in [4.69, 9.17) is 32.4 Å². The summed E-state index contributed by atoms with van der Waals surface area (Å²) >= 11 is 12.0. The molecule has 0 bridgehead atoms. The summed E-state index contributed by atoms with van der Waals surface area (Å²) in [5, 5.41) is 11.1. The van der Waals surface area contributed by atoms with E-state index >= 15 is 0 Å². The molecule has 25 heavy (non-hydrogen) atoms. The Hall–Kier alpha value is -1.58. The van der Waals surface area contributed by atoms with Crippen LogP contribution in [0.3, 0.4) is 0 Å². The molecule has 0 radical (unpaired) electrons. The predicted octanol–water partition coefficient (Wildman–Crippen LogP) is 4.76. The van der Waals surface area contributed by atoms with Gasteiger partial charge in [-0.2, -0.15) is 0 Å². The SMILES string of the molecule is CC(=O)Oc1c(N2CCCS2(O)O)oc(-c2ccc(Cl)cc2Cl)c1O. The molecule has 3 rings (SSSR count). The first-order valence-electron chi connectivity index (χ1n) is 7.24. The third-order valence-electron chi connectivity index (χ3n) is 3.60. The lowest BCUT2D eigenvalue weighted by Crippen LogP contribution is -2.22. The van der Waals surface area contributed by atoms with Gasteiger partial charge in [-0.15, -0.1) is 10.8 Å². The number of carbonyl (C=O) groups is 1. The second-order valence-electron chi connectivity index (χ2n) is 5.42. The van der Waals surface area contributed by atoms with Crippen molar-refractivity contribution in [2.45, 2.75) is 13.3 Å². The molecule has 0 saturated carbocycles. The number of rotatable bonds is 3. The molecule has 2 aromatic rings. The highest BCUT2D eigenvalue weighted by Gasteiger charge is 2.37. The van der Waals surface area contributed by atoms with Crippen molar-refractivity contribution >= 4 is 45.8 Å². The van der Waals surface area contributed by atoms with Gasteiger partial charge < -0.3 is 14.3 Å². The summed E-state index contributed by atoms with van der Waals surface area (Å²) < 4.78 is 32.2. The van der Waals surface area contributed by atoms with Crippen molar-refractivity contribution in [1.29, 1.82) is 0 Å². The van der Waals surface area contributed by atoms with Gasteiger partial charge in [-0.05, 0) is 24.6 Å². The molecule has 1 saturated heterocycles. The summed E-state index contributed by atoms with van der Waals surface area (Å²) in [6.07, 6.45) is 0.514. The van der Waals surface area contributed by atoms with Gasteiger partial charge in [-0.3, -0.25) is 13.9 Å². The van der Waals surface area contributed by atoms with E-state index in [1.165, 1.54) is 16.4 Å². The van der Waals surface area contributed by atoms with Crippen LogP contribution >= 0.6 is 34.0 Å². The standard InChI is InChI=1S/C15H15Cl2NO6S/c1-8(19)23-14-12(20)13(10-4-3-9(16)7-11(10)17)24-15(14)18-5-2-6-25(18,21)22/h3-4,7,20-22H,2,5-6H2,1H3. The van der Waals surface area contributed by atoms with Gasteiger partial charge in [-0.1, -0.05) is 23.2 Å². The minimum atomic E-state index is -3.12. The lowest BCUT2D eigenvalue weighted by atomic mass is 10.1. The summed E-state index contributed by atoms with van der Waals surface area (Å²) in [7, 11) is -3.12. The maximum Gasteiger partial charge on any atom is 0.308 e. The molecular formula is C15H15Cl2NO6S. The molecule has 1 aliphatic heterocycles. The molecule has 0 atom stereocenters. The number of aromatic hydroxyl groups is 1. The highest BCUT2D eigenvalue weighted by Crippen LogP contribution is 2.58. The largest absolute Gasteiger partial charge is 0.502 e. The summed E-state index contributed by atoms with van der Waals surface area (Å²) in [4.78, 5) is 11.4. The van der Waals surface area contributed by atoms with E-state index in [-0.39, 0.29) is 34.7 Å². The van der Waals surface area contributed by atoms with Crippen LogP contribution in [0.2, 0.25) is 10.0 Å². The molecule has 3 N–H and O–H groups in total. The van der Waals surface area contributed by atoms with E-state index in [0.29, 0.717) is 17.0 Å². The Morgan fingerprint density at radius 3 is 2.64 bits per heavy atom.